The number of methoxy groups -OCH3 is 2. The van der Waals surface area contributed by atoms with Crippen LogP contribution < -0.4 is 18.9 Å². The normalized spacial score (nSPS) is 12.2. The number of benzene rings is 2. The van der Waals surface area contributed by atoms with Gasteiger partial charge in [-0.05, 0) is 82.8 Å². The predicted molar refractivity (Wildman–Crippen MR) is 120 cm³/mol. The van der Waals surface area contributed by atoms with Crippen molar-refractivity contribution in [1.82, 2.24) is 0 Å². The van der Waals surface area contributed by atoms with Gasteiger partial charge in [-0.2, -0.15) is 5.26 Å². The maximum absolute atomic E-state index is 9.07. The molecule has 0 fully saturated rings. The quantitative estimate of drug-likeness (QED) is 0.284. The molecule has 29 heavy (non-hydrogen) atoms. The van der Waals surface area contributed by atoms with E-state index in [2.05, 4.69) is 33.7 Å². The molecule has 3 rings (SSSR count). The summed E-state index contributed by atoms with van der Waals surface area (Å²) >= 11 is 2.23. The topological polar surface area (TPSA) is 73.1 Å². The number of ether oxygens (including phenoxy) is 4. The van der Waals surface area contributed by atoms with E-state index in [1.807, 2.05) is 30.5 Å². The Bertz CT molecular complexity index is 937. The van der Waals surface area contributed by atoms with Crippen LogP contribution >= 0.6 is 22.6 Å². The molecule has 0 amide bonds. The van der Waals surface area contributed by atoms with Gasteiger partial charge in [0.1, 0.15) is 0 Å². The van der Waals surface area contributed by atoms with Gasteiger partial charge in [-0.1, -0.05) is 0 Å². The third-order valence-corrected chi connectivity index (χ3v) is 5.45. The molecule has 6 nitrogen and oxygen atoms in total. The van der Waals surface area contributed by atoms with Gasteiger partial charge in [-0.25, -0.2) is 0 Å². The Morgan fingerprint density at radius 2 is 1.86 bits per heavy atom. The first kappa shape index (κ1) is 21.2. The largest absolute Gasteiger partial charge is 0.493 e. The van der Waals surface area contributed by atoms with Crippen molar-refractivity contribution >= 4 is 28.8 Å². The molecular formula is C22H23IN2O4. The molecule has 0 unspecified atom stereocenters. The van der Waals surface area contributed by atoms with Crippen LogP contribution in [0.2, 0.25) is 0 Å². The van der Waals surface area contributed by atoms with Crippen LogP contribution in [-0.2, 0) is 12.8 Å². The maximum atomic E-state index is 9.07. The van der Waals surface area contributed by atoms with Crippen molar-refractivity contribution in [2.24, 2.45) is 4.99 Å². The summed E-state index contributed by atoms with van der Waals surface area (Å²) in [5, 5.41) is 9.07. The van der Waals surface area contributed by atoms with E-state index in [0.717, 1.165) is 63.3 Å². The molecule has 0 saturated heterocycles. The van der Waals surface area contributed by atoms with Crippen molar-refractivity contribution in [3.63, 3.8) is 0 Å². The van der Waals surface area contributed by atoms with Crippen LogP contribution in [0.25, 0.3) is 0 Å². The fourth-order valence-electron chi connectivity index (χ4n) is 3.21. The second-order valence-corrected chi connectivity index (χ2v) is 7.70. The zero-order valence-electron chi connectivity index (χ0n) is 16.5. The highest BCUT2D eigenvalue weighted by molar-refractivity contribution is 14.1. The van der Waals surface area contributed by atoms with Crippen LogP contribution in [-0.4, -0.2) is 33.8 Å². The first-order chi connectivity index (χ1) is 14.2. The molecule has 7 heteroatoms. The minimum atomic E-state index is 0.245. The lowest BCUT2D eigenvalue weighted by molar-refractivity contribution is 0.174. The lowest BCUT2D eigenvalue weighted by Gasteiger charge is -2.10. The van der Waals surface area contributed by atoms with E-state index in [0.29, 0.717) is 12.2 Å². The second-order valence-electron chi connectivity index (χ2n) is 6.54. The van der Waals surface area contributed by atoms with Gasteiger partial charge in [-0.3, -0.25) is 4.99 Å². The number of nitrogens with zero attached hydrogens (tertiary/aromatic N) is 2. The number of unbranched alkanes of at least 4 members (excludes halogenated alkanes) is 1. The van der Waals surface area contributed by atoms with Gasteiger partial charge in [0.15, 0.2) is 23.0 Å². The Balaban J connectivity index is 1.54. The van der Waals surface area contributed by atoms with Gasteiger partial charge in [0.2, 0.25) is 6.79 Å². The summed E-state index contributed by atoms with van der Waals surface area (Å²) < 4.78 is 22.6. The van der Waals surface area contributed by atoms with Gasteiger partial charge >= 0.3 is 0 Å². The number of hydrogen-bond donors (Lipinski definition) is 0. The van der Waals surface area contributed by atoms with Crippen molar-refractivity contribution < 1.29 is 18.9 Å². The van der Waals surface area contributed by atoms with Crippen LogP contribution in [0.1, 0.15) is 29.5 Å². The van der Waals surface area contributed by atoms with E-state index in [1.54, 1.807) is 14.2 Å². The molecule has 0 aliphatic carbocycles. The molecule has 0 saturated carbocycles. The van der Waals surface area contributed by atoms with Crippen LogP contribution in [0.4, 0.5) is 0 Å². The van der Waals surface area contributed by atoms with Crippen LogP contribution in [0.15, 0.2) is 29.3 Å². The summed E-state index contributed by atoms with van der Waals surface area (Å²) in [5.41, 5.74) is 3.15. The summed E-state index contributed by atoms with van der Waals surface area (Å²) in [4.78, 5) is 4.54. The van der Waals surface area contributed by atoms with E-state index in [-0.39, 0.29) is 6.79 Å². The zero-order chi connectivity index (χ0) is 20.6. The average Bonchev–Trinajstić information content (AvgIpc) is 3.17. The monoisotopic (exact) mass is 506 g/mol. The third kappa shape index (κ3) is 5.32. The Morgan fingerprint density at radius 1 is 1.10 bits per heavy atom. The smallest absolute Gasteiger partial charge is 0.231 e. The summed E-state index contributed by atoms with van der Waals surface area (Å²) in [5.74, 6) is 2.94. The molecule has 0 atom stereocenters. The number of rotatable bonds is 9. The Hall–Kier alpha value is -2.47. The Morgan fingerprint density at radius 3 is 2.55 bits per heavy atom. The number of halogens is 1. The number of hydrogen-bond acceptors (Lipinski definition) is 6. The van der Waals surface area contributed by atoms with Gasteiger partial charge < -0.3 is 18.9 Å². The molecule has 0 bridgehead atoms. The Kier molecular flexibility index (Phi) is 7.58. The molecule has 0 radical (unpaired) electrons. The van der Waals surface area contributed by atoms with Gasteiger partial charge in [-0.15, -0.1) is 0 Å². The van der Waals surface area contributed by atoms with E-state index in [1.165, 1.54) is 0 Å². The maximum Gasteiger partial charge on any atom is 0.231 e. The third-order valence-electron chi connectivity index (χ3n) is 4.64. The fourth-order valence-corrected chi connectivity index (χ4v) is 4.06. The molecule has 0 spiro atoms. The molecule has 2 aromatic rings. The van der Waals surface area contributed by atoms with Crippen molar-refractivity contribution in [1.29, 1.82) is 5.26 Å². The molecule has 0 aromatic heterocycles. The van der Waals surface area contributed by atoms with Crippen molar-refractivity contribution in [2.75, 3.05) is 27.6 Å². The lowest BCUT2D eigenvalue weighted by atomic mass is 9.99. The predicted octanol–water partition coefficient (Wildman–Crippen LogP) is 4.54. The van der Waals surface area contributed by atoms with E-state index < -0.39 is 0 Å². The van der Waals surface area contributed by atoms with Gasteiger partial charge in [0, 0.05) is 12.8 Å². The summed E-state index contributed by atoms with van der Waals surface area (Å²) in [6.07, 6.45) is 5.07. The number of fused-ring (bicyclic) bond motifs is 1. The second kappa shape index (κ2) is 10.3. The molecule has 0 N–H and O–H groups in total. The van der Waals surface area contributed by atoms with Crippen LogP contribution in [0.5, 0.6) is 23.0 Å². The standard InChI is InChI=1S/C22H23IN2O4/c1-26-21-10-15(9-18(23)22(21)27-2)13-25-8-4-3-5-16-11-19-20(29-14-28-19)12-17(16)6-7-24/h9-13H,3-6,8,14H2,1-2H3. The zero-order valence-corrected chi connectivity index (χ0v) is 18.7. The Labute approximate surface area is 184 Å². The highest BCUT2D eigenvalue weighted by Gasteiger charge is 2.17. The molecule has 1 aliphatic heterocycles. The van der Waals surface area contributed by atoms with Gasteiger partial charge in [0.25, 0.3) is 0 Å². The highest BCUT2D eigenvalue weighted by atomic mass is 127. The molecule has 2 aromatic carbocycles. The summed E-state index contributed by atoms with van der Waals surface area (Å²) in [6.45, 7) is 0.984. The van der Waals surface area contributed by atoms with E-state index in [4.69, 9.17) is 24.2 Å². The highest BCUT2D eigenvalue weighted by Crippen LogP contribution is 2.35. The molecule has 1 aliphatic rings. The number of nitriles is 1. The van der Waals surface area contributed by atoms with E-state index >= 15 is 0 Å². The SMILES string of the molecule is COc1cc(C=NCCCCc2cc3c(cc2CC#N)OCO3)cc(I)c1OC. The molecular weight excluding hydrogens is 483 g/mol. The first-order valence-corrected chi connectivity index (χ1v) is 10.4. The minimum Gasteiger partial charge on any atom is -0.493 e. The van der Waals surface area contributed by atoms with E-state index in [9.17, 15) is 0 Å². The van der Waals surface area contributed by atoms with Crippen molar-refractivity contribution in [3.05, 3.63) is 44.5 Å². The molecule has 152 valence electrons. The lowest BCUT2D eigenvalue weighted by Crippen LogP contribution is -1.97. The number of aliphatic imine (C=N–C) groups is 1. The summed E-state index contributed by atoms with van der Waals surface area (Å²) in [7, 11) is 3.27. The number of aryl methyl sites for hydroxylation is 1. The van der Waals surface area contributed by atoms with Crippen LogP contribution in [0.3, 0.4) is 0 Å². The minimum absolute atomic E-state index is 0.245. The van der Waals surface area contributed by atoms with Crippen molar-refractivity contribution in [3.8, 4) is 29.1 Å². The molecule has 1 heterocycles. The fraction of sp³-hybridized carbons (Fsp3) is 0.364. The van der Waals surface area contributed by atoms with Crippen molar-refractivity contribution in [2.45, 2.75) is 25.7 Å². The summed E-state index contributed by atoms with van der Waals surface area (Å²) in [6, 6.07) is 10.1. The first-order valence-electron chi connectivity index (χ1n) is 9.36. The van der Waals surface area contributed by atoms with Gasteiger partial charge in [0.05, 0.1) is 30.3 Å². The van der Waals surface area contributed by atoms with Crippen LogP contribution in [0, 0.1) is 14.9 Å². The average molecular weight is 506 g/mol.